The fourth-order valence-electron chi connectivity index (χ4n) is 1.94. The van der Waals surface area contributed by atoms with Crippen molar-refractivity contribution < 1.29 is 14.6 Å². The molecule has 0 radical (unpaired) electrons. The van der Waals surface area contributed by atoms with Gasteiger partial charge >= 0.3 is 5.97 Å². The van der Waals surface area contributed by atoms with Gasteiger partial charge in [-0.3, -0.25) is 4.99 Å². The number of esters is 1. The van der Waals surface area contributed by atoms with E-state index in [4.69, 9.17) is 4.74 Å². The van der Waals surface area contributed by atoms with E-state index in [1.807, 2.05) is 31.2 Å². The molecule has 2 aromatic carbocycles. The highest BCUT2D eigenvalue weighted by Gasteiger charge is 2.02. The van der Waals surface area contributed by atoms with Gasteiger partial charge in [-0.25, -0.2) is 4.79 Å². The van der Waals surface area contributed by atoms with E-state index in [1.54, 1.807) is 36.6 Å². The lowest BCUT2D eigenvalue weighted by Crippen LogP contribution is -2.08. The third-order valence-corrected chi connectivity index (χ3v) is 3.77. The number of nitrogens with zero attached hydrogens (tertiary/aromatic N) is 1. The summed E-state index contributed by atoms with van der Waals surface area (Å²) >= 11 is 0. The van der Waals surface area contributed by atoms with Gasteiger partial charge in [0, 0.05) is 12.3 Å². The summed E-state index contributed by atoms with van der Waals surface area (Å²) in [6, 6.07) is 14.4. The third-order valence-electron chi connectivity index (χ3n) is 3.77. The number of aromatic hydroxyl groups is 1. The van der Waals surface area contributed by atoms with Crippen LogP contribution in [0.4, 0.5) is 5.69 Å². The highest BCUT2D eigenvalue weighted by Crippen LogP contribution is 2.15. The molecule has 0 amide bonds. The van der Waals surface area contributed by atoms with Crippen LogP contribution in [0, 0.1) is 5.92 Å². The molecule has 1 atom stereocenters. The molecule has 4 heteroatoms. The molecule has 0 bridgehead atoms. The zero-order valence-electron chi connectivity index (χ0n) is 14.6. The van der Waals surface area contributed by atoms with Gasteiger partial charge in [-0.05, 0) is 59.5 Å². The predicted octanol–water partition coefficient (Wildman–Crippen LogP) is 4.75. The Morgan fingerprint density at radius 2 is 1.76 bits per heavy atom. The van der Waals surface area contributed by atoms with Crippen LogP contribution in [-0.2, 0) is 9.53 Å². The van der Waals surface area contributed by atoms with Gasteiger partial charge in [0.05, 0.1) is 12.3 Å². The first kappa shape index (κ1) is 18.5. The van der Waals surface area contributed by atoms with Crippen molar-refractivity contribution in [3.8, 4) is 5.75 Å². The number of hydrogen-bond acceptors (Lipinski definition) is 4. The molecule has 130 valence electrons. The minimum absolute atomic E-state index is 0.232. The zero-order chi connectivity index (χ0) is 18.1. The van der Waals surface area contributed by atoms with Crippen molar-refractivity contribution in [2.75, 3.05) is 6.61 Å². The van der Waals surface area contributed by atoms with E-state index in [-0.39, 0.29) is 11.7 Å². The van der Waals surface area contributed by atoms with E-state index in [9.17, 15) is 9.90 Å². The van der Waals surface area contributed by atoms with Crippen molar-refractivity contribution in [2.24, 2.45) is 10.9 Å². The van der Waals surface area contributed by atoms with Gasteiger partial charge in [-0.2, -0.15) is 0 Å². The Hall–Kier alpha value is -2.88. The van der Waals surface area contributed by atoms with E-state index >= 15 is 0 Å². The maximum absolute atomic E-state index is 11.6. The zero-order valence-corrected chi connectivity index (χ0v) is 14.6. The van der Waals surface area contributed by atoms with Gasteiger partial charge in [0.1, 0.15) is 5.75 Å². The first-order valence-corrected chi connectivity index (χ1v) is 8.35. The molecular weight excluding hydrogens is 314 g/mol. The Morgan fingerprint density at radius 1 is 1.12 bits per heavy atom. The fourth-order valence-corrected chi connectivity index (χ4v) is 1.94. The summed E-state index contributed by atoms with van der Waals surface area (Å²) in [7, 11) is 0. The number of phenols is 1. The quantitative estimate of drug-likeness (QED) is 0.451. The largest absolute Gasteiger partial charge is 0.508 e. The second-order valence-electron chi connectivity index (χ2n) is 5.92. The van der Waals surface area contributed by atoms with Crippen molar-refractivity contribution in [1.82, 2.24) is 0 Å². The molecule has 0 saturated heterocycles. The summed E-state index contributed by atoms with van der Waals surface area (Å²) < 4.78 is 5.17. The lowest BCUT2D eigenvalue weighted by Gasteiger charge is -2.07. The van der Waals surface area contributed by atoms with Crippen molar-refractivity contribution in [2.45, 2.75) is 20.3 Å². The normalized spacial score (nSPS) is 12.6. The number of hydrogen-bond donors (Lipinski definition) is 1. The third kappa shape index (κ3) is 6.63. The molecule has 1 N–H and O–H groups in total. The average molecular weight is 337 g/mol. The average Bonchev–Trinajstić information content (AvgIpc) is 2.64. The van der Waals surface area contributed by atoms with Crippen LogP contribution in [-0.4, -0.2) is 23.9 Å². The van der Waals surface area contributed by atoms with Crippen LogP contribution >= 0.6 is 0 Å². The van der Waals surface area contributed by atoms with Crippen LogP contribution in [0.3, 0.4) is 0 Å². The number of carbonyl (C=O) groups is 1. The van der Waals surface area contributed by atoms with E-state index in [0.29, 0.717) is 12.5 Å². The monoisotopic (exact) mass is 337 g/mol. The van der Waals surface area contributed by atoms with Crippen LogP contribution in [0.5, 0.6) is 5.75 Å². The van der Waals surface area contributed by atoms with Gasteiger partial charge in [0.2, 0.25) is 0 Å². The number of benzene rings is 2. The molecule has 0 aliphatic carbocycles. The van der Waals surface area contributed by atoms with Gasteiger partial charge in [-0.1, -0.05) is 32.4 Å². The Balaban J connectivity index is 1.89. The number of rotatable bonds is 7. The molecule has 0 aliphatic heterocycles. The van der Waals surface area contributed by atoms with E-state index in [0.717, 1.165) is 23.2 Å². The molecule has 0 aromatic heterocycles. The standard InChI is InChI=1S/C21H23NO3/c1-3-16(2)15-25-21(24)13-8-17-4-9-19(10-5-17)22-14-18-6-11-20(23)12-7-18/h4-14,16,23H,3,15H2,1-2H3. The summed E-state index contributed by atoms with van der Waals surface area (Å²) in [5.74, 6) is 0.286. The molecule has 4 nitrogen and oxygen atoms in total. The summed E-state index contributed by atoms with van der Waals surface area (Å²) in [5.41, 5.74) is 2.62. The number of aliphatic imine (C=N–C) groups is 1. The van der Waals surface area contributed by atoms with Crippen molar-refractivity contribution in [3.63, 3.8) is 0 Å². The minimum atomic E-state index is -0.324. The Labute approximate surface area is 148 Å². The Morgan fingerprint density at radius 3 is 2.40 bits per heavy atom. The van der Waals surface area contributed by atoms with Crippen LogP contribution in [0.15, 0.2) is 59.6 Å². The lowest BCUT2D eigenvalue weighted by molar-refractivity contribution is -0.138. The highest BCUT2D eigenvalue weighted by molar-refractivity contribution is 5.87. The van der Waals surface area contributed by atoms with Crippen molar-refractivity contribution >= 4 is 23.9 Å². The van der Waals surface area contributed by atoms with Crippen LogP contribution in [0.1, 0.15) is 31.4 Å². The lowest BCUT2D eigenvalue weighted by atomic mass is 10.1. The maximum Gasteiger partial charge on any atom is 0.330 e. The minimum Gasteiger partial charge on any atom is -0.508 e. The summed E-state index contributed by atoms with van der Waals surface area (Å²) in [6.45, 7) is 4.57. The van der Waals surface area contributed by atoms with Gasteiger partial charge in [0.15, 0.2) is 0 Å². The topological polar surface area (TPSA) is 58.9 Å². The molecule has 0 spiro atoms. The Bertz CT molecular complexity index is 731. The predicted molar refractivity (Wildman–Crippen MR) is 101 cm³/mol. The number of carbonyl (C=O) groups excluding carboxylic acids is 1. The van der Waals surface area contributed by atoms with Crippen LogP contribution in [0.2, 0.25) is 0 Å². The number of phenolic OH excluding ortho intramolecular Hbond substituents is 1. The molecule has 0 saturated carbocycles. The molecule has 1 unspecified atom stereocenters. The van der Waals surface area contributed by atoms with E-state index in [2.05, 4.69) is 11.9 Å². The van der Waals surface area contributed by atoms with Crippen LogP contribution in [0.25, 0.3) is 6.08 Å². The fraction of sp³-hybridized carbons (Fsp3) is 0.238. The van der Waals surface area contributed by atoms with E-state index < -0.39 is 0 Å². The summed E-state index contributed by atoms with van der Waals surface area (Å²) in [6.07, 6.45) is 5.89. The van der Waals surface area contributed by atoms with Crippen LogP contribution < -0.4 is 0 Å². The van der Waals surface area contributed by atoms with Crippen molar-refractivity contribution in [1.29, 1.82) is 0 Å². The first-order valence-electron chi connectivity index (χ1n) is 8.35. The molecule has 0 heterocycles. The summed E-state index contributed by atoms with van der Waals surface area (Å²) in [5, 5.41) is 9.25. The second kappa shape index (κ2) is 9.42. The maximum atomic E-state index is 11.6. The second-order valence-corrected chi connectivity index (χ2v) is 5.92. The highest BCUT2D eigenvalue weighted by atomic mass is 16.5. The Kier molecular flexibility index (Phi) is 6.96. The molecule has 2 rings (SSSR count). The smallest absolute Gasteiger partial charge is 0.330 e. The molecule has 25 heavy (non-hydrogen) atoms. The molecule has 2 aromatic rings. The first-order chi connectivity index (χ1) is 12.1. The van der Waals surface area contributed by atoms with Gasteiger partial charge < -0.3 is 9.84 Å². The van der Waals surface area contributed by atoms with E-state index in [1.165, 1.54) is 6.08 Å². The molecule has 0 aliphatic rings. The van der Waals surface area contributed by atoms with Crippen molar-refractivity contribution in [3.05, 3.63) is 65.7 Å². The van der Waals surface area contributed by atoms with Gasteiger partial charge in [-0.15, -0.1) is 0 Å². The molecule has 0 fully saturated rings. The molecular formula is C21H23NO3. The summed E-state index contributed by atoms with van der Waals surface area (Å²) in [4.78, 5) is 16.0. The SMILES string of the molecule is CCC(C)COC(=O)C=Cc1ccc(N=Cc2ccc(O)cc2)cc1. The van der Waals surface area contributed by atoms with Gasteiger partial charge in [0.25, 0.3) is 0 Å². The number of ether oxygens (including phenoxy) is 1.